The summed E-state index contributed by atoms with van der Waals surface area (Å²) in [6.45, 7) is 1.61. The van der Waals surface area contributed by atoms with Gasteiger partial charge in [0.2, 0.25) is 0 Å². The van der Waals surface area contributed by atoms with Crippen LogP contribution in [0.3, 0.4) is 0 Å². The smallest absolute Gasteiger partial charge is 0.176 e. The lowest BCUT2D eigenvalue weighted by atomic mass is 10.1. The first kappa shape index (κ1) is 12.4. The Morgan fingerprint density at radius 3 is 2.50 bits per heavy atom. The summed E-state index contributed by atoms with van der Waals surface area (Å²) in [5.41, 5.74) is 6.13. The van der Waals surface area contributed by atoms with E-state index in [9.17, 15) is 13.5 Å². The van der Waals surface area contributed by atoms with Crippen molar-refractivity contribution in [3.63, 3.8) is 0 Å². The third-order valence-electron chi connectivity index (χ3n) is 2.49. The van der Waals surface area contributed by atoms with E-state index in [-0.39, 0.29) is 27.8 Å². The van der Waals surface area contributed by atoms with E-state index in [4.69, 9.17) is 10.3 Å². The molecule has 0 unspecified atom stereocenters. The van der Waals surface area contributed by atoms with Gasteiger partial charge in [-0.2, -0.15) is 0 Å². The fourth-order valence-electron chi connectivity index (χ4n) is 1.59. The molecule has 0 radical (unpaired) electrons. The second kappa shape index (κ2) is 4.02. The van der Waals surface area contributed by atoms with Crippen molar-refractivity contribution < 1.29 is 18.0 Å². The third-order valence-corrected chi connectivity index (χ3v) is 3.63. The number of anilines is 1. The van der Waals surface area contributed by atoms with Crippen molar-refractivity contribution in [2.45, 2.75) is 11.8 Å². The van der Waals surface area contributed by atoms with Crippen molar-refractivity contribution in [1.82, 2.24) is 5.16 Å². The molecule has 0 amide bonds. The molecule has 2 rings (SSSR count). The predicted molar refractivity (Wildman–Crippen MR) is 65.9 cm³/mol. The van der Waals surface area contributed by atoms with Crippen LogP contribution < -0.4 is 5.73 Å². The van der Waals surface area contributed by atoms with Crippen molar-refractivity contribution in [3.8, 4) is 17.1 Å². The Labute approximate surface area is 104 Å². The van der Waals surface area contributed by atoms with Gasteiger partial charge in [0.05, 0.1) is 4.90 Å². The average Bonchev–Trinajstić information content (AvgIpc) is 2.67. The maximum atomic E-state index is 11.7. The van der Waals surface area contributed by atoms with E-state index in [0.29, 0.717) is 5.56 Å². The lowest BCUT2D eigenvalue weighted by Crippen LogP contribution is -2.00. The van der Waals surface area contributed by atoms with Crippen LogP contribution in [0.25, 0.3) is 11.3 Å². The summed E-state index contributed by atoms with van der Waals surface area (Å²) in [5.74, 6) is 0.320. The van der Waals surface area contributed by atoms with E-state index in [2.05, 4.69) is 5.16 Å². The summed E-state index contributed by atoms with van der Waals surface area (Å²) in [4.78, 5) is 0.0638. The van der Waals surface area contributed by atoms with E-state index in [0.717, 1.165) is 6.26 Å². The summed E-state index contributed by atoms with van der Waals surface area (Å²) in [7, 11) is -3.45. The first-order chi connectivity index (χ1) is 8.29. The van der Waals surface area contributed by atoms with E-state index >= 15 is 0 Å². The molecule has 0 aliphatic heterocycles. The number of sulfone groups is 1. The summed E-state index contributed by atoms with van der Waals surface area (Å²) >= 11 is 0. The number of hydrogen-bond donors (Lipinski definition) is 2. The highest BCUT2D eigenvalue weighted by atomic mass is 32.2. The van der Waals surface area contributed by atoms with Crippen molar-refractivity contribution in [3.05, 3.63) is 23.8 Å². The number of benzene rings is 1. The van der Waals surface area contributed by atoms with Gasteiger partial charge in [-0.3, -0.25) is 0 Å². The Balaban J connectivity index is 2.77. The molecule has 96 valence electrons. The quantitative estimate of drug-likeness (QED) is 0.851. The monoisotopic (exact) mass is 268 g/mol. The fourth-order valence-corrected chi connectivity index (χ4v) is 2.54. The molecule has 0 aliphatic carbocycles. The van der Waals surface area contributed by atoms with E-state index in [1.54, 1.807) is 6.92 Å². The Morgan fingerprint density at radius 1 is 1.33 bits per heavy atom. The number of aryl methyl sites for hydroxylation is 1. The zero-order valence-electron chi connectivity index (χ0n) is 9.84. The molecular formula is C11H12N2O4S. The number of phenols is 1. The zero-order chi connectivity index (χ0) is 13.5. The van der Waals surface area contributed by atoms with Gasteiger partial charge in [-0.1, -0.05) is 5.16 Å². The predicted octanol–water partition coefficient (Wildman–Crippen LogP) is 1.34. The number of aromatic hydroxyl groups is 1. The lowest BCUT2D eigenvalue weighted by molar-refractivity contribution is 0.433. The van der Waals surface area contributed by atoms with Gasteiger partial charge in [0, 0.05) is 17.9 Å². The van der Waals surface area contributed by atoms with Crippen LogP contribution in [-0.2, 0) is 9.84 Å². The topological polar surface area (TPSA) is 106 Å². The van der Waals surface area contributed by atoms with Crippen LogP contribution in [0.15, 0.2) is 27.6 Å². The number of rotatable bonds is 2. The molecule has 7 heteroatoms. The second-order valence-corrected chi connectivity index (χ2v) is 6.01. The molecule has 0 fully saturated rings. The molecule has 0 spiro atoms. The molecule has 0 aliphatic rings. The number of phenolic OH excluding ortho intramolecular Hbond substituents is 1. The molecule has 1 aromatic heterocycles. The van der Waals surface area contributed by atoms with Crippen LogP contribution in [0.5, 0.6) is 5.75 Å². The highest BCUT2D eigenvalue weighted by molar-refractivity contribution is 7.90. The van der Waals surface area contributed by atoms with Gasteiger partial charge in [-0.15, -0.1) is 0 Å². The largest absolute Gasteiger partial charge is 0.508 e. The lowest BCUT2D eigenvalue weighted by Gasteiger charge is -2.08. The molecular weight excluding hydrogens is 256 g/mol. The van der Waals surface area contributed by atoms with Crippen LogP contribution in [0, 0.1) is 6.92 Å². The number of hydrogen-bond acceptors (Lipinski definition) is 6. The maximum Gasteiger partial charge on any atom is 0.176 e. The van der Waals surface area contributed by atoms with Crippen LogP contribution in [-0.4, -0.2) is 24.9 Å². The fraction of sp³-hybridized carbons (Fsp3) is 0.182. The average molecular weight is 268 g/mol. The van der Waals surface area contributed by atoms with E-state index < -0.39 is 9.84 Å². The van der Waals surface area contributed by atoms with Gasteiger partial charge < -0.3 is 15.4 Å². The molecule has 1 aromatic carbocycles. The van der Waals surface area contributed by atoms with E-state index in [1.807, 2.05) is 0 Å². The van der Waals surface area contributed by atoms with Crippen molar-refractivity contribution in [2.24, 2.45) is 0 Å². The Hall–Kier alpha value is -2.02. The van der Waals surface area contributed by atoms with Crippen LogP contribution in [0.1, 0.15) is 5.56 Å². The minimum absolute atomic E-state index is 0.0210. The molecule has 0 saturated heterocycles. The van der Waals surface area contributed by atoms with Gasteiger partial charge in [0.1, 0.15) is 5.75 Å². The van der Waals surface area contributed by atoms with Gasteiger partial charge in [-0.25, -0.2) is 8.42 Å². The van der Waals surface area contributed by atoms with E-state index in [1.165, 1.54) is 18.2 Å². The molecule has 0 atom stereocenters. The highest BCUT2D eigenvalue weighted by Crippen LogP contribution is 2.33. The maximum absolute atomic E-state index is 11.7. The summed E-state index contributed by atoms with van der Waals surface area (Å²) < 4.78 is 28.4. The highest BCUT2D eigenvalue weighted by Gasteiger charge is 2.19. The van der Waals surface area contributed by atoms with Gasteiger partial charge in [0.15, 0.2) is 21.4 Å². The molecule has 2 aromatic rings. The first-order valence-electron chi connectivity index (χ1n) is 5.05. The molecule has 3 N–H and O–H groups in total. The van der Waals surface area contributed by atoms with Gasteiger partial charge >= 0.3 is 0 Å². The molecule has 18 heavy (non-hydrogen) atoms. The van der Waals surface area contributed by atoms with Crippen LogP contribution >= 0.6 is 0 Å². The SMILES string of the molecule is Cc1cc(S(C)(=O)=O)c(-c2cc(N)no2)cc1O. The van der Waals surface area contributed by atoms with Crippen LogP contribution in [0.4, 0.5) is 5.82 Å². The zero-order valence-corrected chi connectivity index (χ0v) is 10.7. The summed E-state index contributed by atoms with van der Waals surface area (Å²) in [5, 5.41) is 13.2. The Kier molecular flexibility index (Phi) is 2.78. The summed E-state index contributed by atoms with van der Waals surface area (Å²) in [6.07, 6.45) is 1.09. The number of nitrogens with two attached hydrogens (primary N) is 1. The normalized spacial score (nSPS) is 11.7. The number of aromatic nitrogens is 1. The standard InChI is InChI=1S/C11H12N2O4S/c1-6-3-10(18(2,15)16)7(4-8(6)14)9-5-11(12)13-17-9/h3-5,14H,1-2H3,(H2,12,13). The minimum atomic E-state index is -3.45. The molecule has 6 nitrogen and oxygen atoms in total. The molecule has 0 saturated carbocycles. The summed E-state index contributed by atoms with van der Waals surface area (Å²) in [6, 6.07) is 4.11. The third kappa shape index (κ3) is 2.17. The number of nitrogen functional groups attached to an aromatic ring is 1. The van der Waals surface area contributed by atoms with Gasteiger partial charge in [-0.05, 0) is 24.6 Å². The Morgan fingerprint density at radius 2 is 2.00 bits per heavy atom. The van der Waals surface area contributed by atoms with Crippen molar-refractivity contribution >= 4 is 15.7 Å². The van der Waals surface area contributed by atoms with Crippen molar-refractivity contribution in [2.75, 3.05) is 12.0 Å². The number of nitrogens with zero attached hydrogens (tertiary/aromatic N) is 1. The Bertz CT molecular complexity index is 704. The molecule has 1 heterocycles. The van der Waals surface area contributed by atoms with Gasteiger partial charge in [0.25, 0.3) is 0 Å². The van der Waals surface area contributed by atoms with Crippen LogP contribution in [0.2, 0.25) is 0 Å². The second-order valence-electron chi connectivity index (χ2n) is 4.02. The van der Waals surface area contributed by atoms with Crippen molar-refractivity contribution in [1.29, 1.82) is 0 Å². The minimum Gasteiger partial charge on any atom is -0.508 e. The first-order valence-corrected chi connectivity index (χ1v) is 6.94. The molecule has 0 bridgehead atoms.